The molecule has 4 aromatic rings. The van der Waals surface area contributed by atoms with Crippen LogP contribution in [0.15, 0.2) is 78.9 Å². The molecule has 1 heterocycles. The Hall–Kier alpha value is -3.48. The number of hydrogen-bond donors (Lipinski definition) is 0. The van der Waals surface area contributed by atoms with Crippen LogP contribution in [0.25, 0.3) is 23.1 Å². The third-order valence-electron chi connectivity index (χ3n) is 5.84. The van der Waals surface area contributed by atoms with Gasteiger partial charge in [0, 0.05) is 28.6 Å². The van der Waals surface area contributed by atoms with E-state index < -0.39 is 12.1 Å². The van der Waals surface area contributed by atoms with Gasteiger partial charge in [0.2, 0.25) is 0 Å². The molecule has 4 rings (SSSR count). The highest BCUT2D eigenvalue weighted by Crippen LogP contribution is 2.37. The molecule has 37 heavy (non-hydrogen) atoms. The van der Waals surface area contributed by atoms with E-state index in [1.807, 2.05) is 78.9 Å². The maximum absolute atomic E-state index is 12.2. The Morgan fingerprint density at radius 3 is 2.57 bits per heavy atom. The Labute approximate surface area is 229 Å². The zero-order valence-corrected chi connectivity index (χ0v) is 22.7. The van der Waals surface area contributed by atoms with Crippen LogP contribution in [0.3, 0.4) is 0 Å². The van der Waals surface area contributed by atoms with Crippen LogP contribution < -0.4 is 0 Å². The summed E-state index contributed by atoms with van der Waals surface area (Å²) in [6, 6.07) is 24.6. The summed E-state index contributed by atoms with van der Waals surface area (Å²) in [4.78, 5) is 28.6. The molecule has 7 heteroatoms. The molecule has 0 unspecified atom stereocenters. The highest BCUT2D eigenvalue weighted by Gasteiger charge is 2.24. The maximum atomic E-state index is 12.2. The number of carbonyl (C=O) groups is 2. The molecule has 2 atom stereocenters. The Morgan fingerprint density at radius 1 is 1.00 bits per heavy atom. The molecule has 0 amide bonds. The maximum Gasteiger partial charge on any atom is 0.338 e. The zero-order chi connectivity index (χ0) is 26.4. The van der Waals surface area contributed by atoms with Crippen LogP contribution >= 0.6 is 27.5 Å². The fraction of sp³-hybridized carbons (Fsp3) is 0.167. The van der Waals surface area contributed by atoms with Gasteiger partial charge in [0.25, 0.3) is 0 Å². The minimum absolute atomic E-state index is 0.250. The summed E-state index contributed by atoms with van der Waals surface area (Å²) in [5.74, 6) is -0.799. The van der Waals surface area contributed by atoms with E-state index in [0.717, 1.165) is 33.3 Å². The van der Waals surface area contributed by atoms with Gasteiger partial charge in [-0.05, 0) is 53.1 Å². The van der Waals surface area contributed by atoms with E-state index in [4.69, 9.17) is 21.1 Å². The molecule has 0 aliphatic heterocycles. The Balaban J connectivity index is 1.58. The predicted octanol–water partition coefficient (Wildman–Crippen LogP) is 7.98. The molecule has 0 aliphatic carbocycles. The van der Waals surface area contributed by atoms with Crippen LogP contribution in [0.5, 0.6) is 0 Å². The van der Waals surface area contributed by atoms with Crippen molar-refractivity contribution in [3.05, 3.63) is 112 Å². The summed E-state index contributed by atoms with van der Waals surface area (Å²) < 4.78 is 10.6. The highest BCUT2D eigenvalue weighted by atomic mass is 79.9. The molecule has 3 aromatic carbocycles. The number of nitrogens with zero attached hydrogens (tertiary/aromatic N) is 1. The summed E-state index contributed by atoms with van der Waals surface area (Å²) in [5.41, 5.74) is 4.64. The van der Waals surface area contributed by atoms with E-state index in [2.05, 4.69) is 20.9 Å². The first-order valence-corrected chi connectivity index (χ1v) is 13.0. The first-order valence-electron chi connectivity index (χ1n) is 11.7. The number of hydrogen-bond acceptors (Lipinski definition) is 5. The van der Waals surface area contributed by atoms with E-state index in [-0.39, 0.29) is 10.8 Å². The third-order valence-corrected chi connectivity index (χ3v) is 6.94. The van der Waals surface area contributed by atoms with Crippen molar-refractivity contribution < 1.29 is 19.1 Å². The van der Waals surface area contributed by atoms with Gasteiger partial charge in [-0.2, -0.15) is 0 Å². The second-order valence-corrected chi connectivity index (χ2v) is 10.00. The molecule has 1 aromatic heterocycles. The number of benzene rings is 3. The molecule has 0 saturated carbocycles. The van der Waals surface area contributed by atoms with E-state index >= 15 is 0 Å². The first kappa shape index (κ1) is 26.6. The smallest absolute Gasteiger partial charge is 0.338 e. The molecule has 0 spiro atoms. The van der Waals surface area contributed by atoms with Gasteiger partial charge in [-0.3, -0.25) is 4.79 Å². The van der Waals surface area contributed by atoms with E-state index in [0.29, 0.717) is 17.0 Å². The van der Waals surface area contributed by atoms with Crippen molar-refractivity contribution in [2.45, 2.75) is 24.3 Å². The van der Waals surface area contributed by atoms with Crippen molar-refractivity contribution in [3.63, 3.8) is 0 Å². The van der Waals surface area contributed by atoms with E-state index in [9.17, 15) is 9.59 Å². The molecule has 5 nitrogen and oxygen atoms in total. The van der Waals surface area contributed by atoms with Crippen LogP contribution in [0.4, 0.5) is 0 Å². The van der Waals surface area contributed by atoms with Crippen LogP contribution in [0.1, 0.15) is 57.0 Å². The zero-order valence-electron chi connectivity index (χ0n) is 20.4. The average Bonchev–Trinajstić information content (AvgIpc) is 2.90. The van der Waals surface area contributed by atoms with Crippen molar-refractivity contribution in [2.24, 2.45) is 0 Å². The molecular formula is C30H25BrClNO4. The second-order valence-electron chi connectivity index (χ2n) is 8.46. The lowest BCUT2D eigenvalue weighted by atomic mass is 9.96. The van der Waals surface area contributed by atoms with Crippen LogP contribution in [0.2, 0.25) is 5.02 Å². The van der Waals surface area contributed by atoms with E-state index in [1.54, 1.807) is 12.1 Å². The monoisotopic (exact) mass is 577 g/mol. The van der Waals surface area contributed by atoms with Gasteiger partial charge in [-0.1, -0.05) is 82.1 Å². The van der Waals surface area contributed by atoms with Crippen molar-refractivity contribution in [2.75, 3.05) is 7.11 Å². The number of rotatable bonds is 8. The molecule has 0 N–H and O–H groups in total. The topological polar surface area (TPSA) is 65.5 Å². The number of pyridine rings is 1. The number of alkyl halides is 1. The lowest BCUT2D eigenvalue weighted by Gasteiger charge is -2.22. The SMILES string of the molecule is COC(=O)c1ccccc1[C@@H](Br)C[C@H](OC(C)=O)c1cccc(/C=C/c2ccc3ccc(Cl)cc3n2)c1. The summed E-state index contributed by atoms with van der Waals surface area (Å²) in [5, 5.41) is 1.66. The van der Waals surface area contributed by atoms with Crippen molar-refractivity contribution in [3.8, 4) is 0 Å². The van der Waals surface area contributed by atoms with Crippen LogP contribution in [0, 0.1) is 0 Å². The van der Waals surface area contributed by atoms with Gasteiger partial charge in [0.15, 0.2) is 0 Å². The van der Waals surface area contributed by atoms with Gasteiger partial charge < -0.3 is 9.47 Å². The Kier molecular flexibility index (Phi) is 8.74. The van der Waals surface area contributed by atoms with Crippen molar-refractivity contribution >= 4 is 62.5 Å². The lowest BCUT2D eigenvalue weighted by molar-refractivity contribution is -0.147. The van der Waals surface area contributed by atoms with Crippen LogP contribution in [-0.2, 0) is 14.3 Å². The molecule has 188 valence electrons. The number of halogens is 2. The number of fused-ring (bicyclic) bond motifs is 1. The number of carbonyl (C=O) groups excluding carboxylic acids is 2. The third kappa shape index (κ3) is 6.85. The number of methoxy groups -OCH3 is 1. The Morgan fingerprint density at radius 2 is 1.78 bits per heavy atom. The molecule has 0 radical (unpaired) electrons. The minimum atomic E-state index is -0.526. The highest BCUT2D eigenvalue weighted by molar-refractivity contribution is 9.09. The van der Waals surface area contributed by atoms with Gasteiger partial charge in [0.1, 0.15) is 6.10 Å². The standard InChI is InChI=1S/C30H25BrClNO4/c1-19(34)37-29(18-27(31)25-8-3-4-9-26(25)30(35)36-2)22-7-5-6-20(16-22)10-14-24-15-12-21-11-13-23(32)17-28(21)33-24/h3-17,27,29H,18H2,1-2H3/b14-10+/t27-,29-/m0/s1. The van der Waals surface area contributed by atoms with Crippen LogP contribution in [-0.4, -0.2) is 24.0 Å². The van der Waals surface area contributed by atoms with Gasteiger partial charge in [-0.15, -0.1) is 0 Å². The fourth-order valence-corrected chi connectivity index (χ4v) is 4.98. The van der Waals surface area contributed by atoms with Crippen molar-refractivity contribution in [1.82, 2.24) is 4.98 Å². The predicted molar refractivity (Wildman–Crippen MR) is 151 cm³/mol. The molecule has 0 fully saturated rings. The molecule has 0 bridgehead atoms. The number of esters is 2. The minimum Gasteiger partial charge on any atom is -0.465 e. The van der Waals surface area contributed by atoms with Gasteiger partial charge in [-0.25, -0.2) is 9.78 Å². The molecule has 0 saturated heterocycles. The summed E-state index contributed by atoms with van der Waals surface area (Å²) in [6.45, 7) is 1.39. The summed E-state index contributed by atoms with van der Waals surface area (Å²) in [7, 11) is 1.35. The molecular weight excluding hydrogens is 554 g/mol. The second kappa shape index (κ2) is 12.2. The van der Waals surface area contributed by atoms with Crippen molar-refractivity contribution in [1.29, 1.82) is 0 Å². The first-order chi connectivity index (χ1) is 17.8. The Bertz CT molecular complexity index is 1470. The summed E-state index contributed by atoms with van der Waals surface area (Å²) >= 11 is 9.81. The molecule has 0 aliphatic rings. The largest absolute Gasteiger partial charge is 0.465 e. The van der Waals surface area contributed by atoms with E-state index in [1.165, 1.54) is 14.0 Å². The average molecular weight is 579 g/mol. The number of ether oxygens (including phenoxy) is 2. The quantitative estimate of drug-likeness (QED) is 0.157. The normalized spacial score (nSPS) is 12.9. The number of aromatic nitrogens is 1. The fourth-order valence-electron chi connectivity index (χ4n) is 4.08. The van der Waals surface area contributed by atoms with Gasteiger partial charge >= 0.3 is 11.9 Å². The lowest BCUT2D eigenvalue weighted by Crippen LogP contribution is -2.13. The summed E-state index contributed by atoms with van der Waals surface area (Å²) in [6.07, 6.45) is 3.79. The van der Waals surface area contributed by atoms with Gasteiger partial charge in [0.05, 0.1) is 23.9 Å².